The van der Waals surface area contributed by atoms with Crippen LogP contribution in [0.25, 0.3) is 11.1 Å². The van der Waals surface area contributed by atoms with E-state index in [1.54, 1.807) is 11.1 Å². The van der Waals surface area contributed by atoms with Crippen molar-refractivity contribution in [1.82, 2.24) is 0 Å². The van der Waals surface area contributed by atoms with Gasteiger partial charge in [-0.25, -0.2) is 0 Å². The molecule has 0 N–H and O–H groups in total. The molecular weight excluding hydrogens is 336 g/mol. The van der Waals surface area contributed by atoms with Gasteiger partial charge in [0.05, 0.1) is 0 Å². The SMILES string of the molecule is CCC(C)(CC)c1cc(C)c2c(c1)CCc1cc(C(C)(CC)CC)cc(C)c1-2. The monoisotopic (exact) mass is 376 g/mol. The Morgan fingerprint density at radius 1 is 0.607 bits per heavy atom. The smallest absolute Gasteiger partial charge is 0.00803 e. The highest BCUT2D eigenvalue weighted by Crippen LogP contribution is 2.44. The van der Waals surface area contributed by atoms with Gasteiger partial charge in [0.1, 0.15) is 0 Å². The first-order chi connectivity index (χ1) is 13.2. The van der Waals surface area contributed by atoms with Crippen molar-refractivity contribution in [1.29, 1.82) is 0 Å². The van der Waals surface area contributed by atoms with Crippen LogP contribution in [-0.4, -0.2) is 0 Å². The van der Waals surface area contributed by atoms with E-state index in [0.717, 1.165) is 0 Å². The molecule has 0 bridgehead atoms. The largest absolute Gasteiger partial charge is 0.0645 e. The van der Waals surface area contributed by atoms with Gasteiger partial charge in [0.2, 0.25) is 0 Å². The number of aryl methyl sites for hydroxylation is 4. The number of rotatable bonds is 6. The molecule has 0 spiro atoms. The van der Waals surface area contributed by atoms with E-state index in [1.165, 1.54) is 71.9 Å². The molecule has 0 fully saturated rings. The van der Waals surface area contributed by atoms with Gasteiger partial charge in [0.25, 0.3) is 0 Å². The minimum absolute atomic E-state index is 0.295. The van der Waals surface area contributed by atoms with Crippen LogP contribution in [0.5, 0.6) is 0 Å². The molecular formula is C28H40. The van der Waals surface area contributed by atoms with Crippen molar-refractivity contribution in [3.05, 3.63) is 57.6 Å². The zero-order valence-electron chi connectivity index (χ0n) is 19.6. The molecule has 2 aromatic carbocycles. The zero-order chi connectivity index (χ0) is 20.7. The van der Waals surface area contributed by atoms with E-state index in [1.807, 2.05) is 0 Å². The molecule has 0 saturated heterocycles. The van der Waals surface area contributed by atoms with Gasteiger partial charge in [-0.2, -0.15) is 0 Å². The van der Waals surface area contributed by atoms with Crippen LogP contribution >= 0.6 is 0 Å². The molecule has 0 aliphatic heterocycles. The molecule has 0 nitrogen and oxygen atoms in total. The lowest BCUT2D eigenvalue weighted by Gasteiger charge is -2.33. The van der Waals surface area contributed by atoms with E-state index in [-0.39, 0.29) is 0 Å². The van der Waals surface area contributed by atoms with Crippen LogP contribution in [0.3, 0.4) is 0 Å². The third-order valence-corrected chi connectivity index (χ3v) is 8.26. The van der Waals surface area contributed by atoms with Crippen molar-refractivity contribution in [2.45, 2.75) is 105 Å². The van der Waals surface area contributed by atoms with Gasteiger partial charge < -0.3 is 0 Å². The summed E-state index contributed by atoms with van der Waals surface area (Å²) in [4.78, 5) is 0. The summed E-state index contributed by atoms with van der Waals surface area (Å²) < 4.78 is 0. The molecule has 1 aliphatic rings. The third-order valence-electron chi connectivity index (χ3n) is 8.26. The Bertz CT molecular complexity index is 787. The molecule has 0 saturated carbocycles. The van der Waals surface area contributed by atoms with Crippen LogP contribution in [0.1, 0.15) is 101 Å². The van der Waals surface area contributed by atoms with Gasteiger partial charge in [0, 0.05) is 0 Å². The molecule has 0 heterocycles. The normalized spacial score (nSPS) is 14.0. The van der Waals surface area contributed by atoms with Crippen LogP contribution in [0, 0.1) is 13.8 Å². The van der Waals surface area contributed by atoms with Crippen LogP contribution in [0.15, 0.2) is 24.3 Å². The van der Waals surface area contributed by atoms with Crippen molar-refractivity contribution >= 4 is 0 Å². The van der Waals surface area contributed by atoms with Crippen LogP contribution in [-0.2, 0) is 23.7 Å². The maximum atomic E-state index is 2.54. The third kappa shape index (κ3) is 3.34. The summed E-state index contributed by atoms with van der Waals surface area (Å²) in [7, 11) is 0. The fourth-order valence-electron chi connectivity index (χ4n) is 5.11. The Morgan fingerprint density at radius 2 is 0.929 bits per heavy atom. The molecule has 0 radical (unpaired) electrons. The predicted octanol–water partition coefficient (Wildman–Crippen LogP) is 8.22. The summed E-state index contributed by atoms with van der Waals surface area (Å²) in [6.45, 7) is 18.8. The molecule has 0 amide bonds. The number of hydrogen-bond donors (Lipinski definition) is 0. The second kappa shape index (κ2) is 7.69. The van der Waals surface area contributed by atoms with Gasteiger partial charge in [-0.15, -0.1) is 0 Å². The maximum Gasteiger partial charge on any atom is -0.00803 e. The van der Waals surface area contributed by atoms with Crippen molar-refractivity contribution in [2.24, 2.45) is 0 Å². The summed E-state index contributed by atoms with van der Waals surface area (Å²) in [6.07, 6.45) is 7.16. The summed E-state index contributed by atoms with van der Waals surface area (Å²) in [5.74, 6) is 0. The Hall–Kier alpha value is -1.56. The van der Waals surface area contributed by atoms with Crippen molar-refractivity contribution < 1.29 is 0 Å². The summed E-state index contributed by atoms with van der Waals surface area (Å²) in [5.41, 5.74) is 12.8. The molecule has 0 aromatic heterocycles. The van der Waals surface area contributed by atoms with E-state index in [4.69, 9.17) is 0 Å². The van der Waals surface area contributed by atoms with E-state index in [2.05, 4.69) is 79.7 Å². The fourth-order valence-corrected chi connectivity index (χ4v) is 5.11. The van der Waals surface area contributed by atoms with Gasteiger partial charge in [0.15, 0.2) is 0 Å². The minimum Gasteiger partial charge on any atom is -0.0645 e. The number of benzene rings is 2. The van der Waals surface area contributed by atoms with Crippen LogP contribution < -0.4 is 0 Å². The highest BCUT2D eigenvalue weighted by Gasteiger charge is 2.29. The summed E-state index contributed by atoms with van der Waals surface area (Å²) in [5, 5.41) is 0. The number of fused-ring (bicyclic) bond motifs is 3. The zero-order valence-corrected chi connectivity index (χ0v) is 19.6. The molecule has 1 aliphatic carbocycles. The molecule has 3 rings (SSSR count). The first-order valence-electron chi connectivity index (χ1n) is 11.5. The van der Waals surface area contributed by atoms with Gasteiger partial charge in [-0.05, 0) is 108 Å². The topological polar surface area (TPSA) is 0 Å². The first-order valence-corrected chi connectivity index (χ1v) is 11.5. The predicted molar refractivity (Wildman–Crippen MR) is 125 cm³/mol. The average molecular weight is 377 g/mol. The molecule has 0 unspecified atom stereocenters. The Morgan fingerprint density at radius 3 is 1.21 bits per heavy atom. The first kappa shape index (κ1) is 21.2. The summed E-state index contributed by atoms with van der Waals surface area (Å²) in [6, 6.07) is 10.0. The molecule has 28 heavy (non-hydrogen) atoms. The molecule has 152 valence electrons. The van der Waals surface area contributed by atoms with Crippen LogP contribution in [0.2, 0.25) is 0 Å². The van der Waals surface area contributed by atoms with E-state index < -0.39 is 0 Å². The van der Waals surface area contributed by atoms with Crippen molar-refractivity contribution in [2.75, 3.05) is 0 Å². The van der Waals surface area contributed by atoms with Crippen molar-refractivity contribution in [3.63, 3.8) is 0 Å². The van der Waals surface area contributed by atoms with Gasteiger partial charge >= 0.3 is 0 Å². The van der Waals surface area contributed by atoms with Gasteiger partial charge in [-0.3, -0.25) is 0 Å². The lowest BCUT2D eigenvalue weighted by molar-refractivity contribution is 0.437. The standard InChI is InChI=1S/C28H40/c1-9-27(7,10-2)23-15-19(5)25-21(17-23)13-14-22-18-24(16-20(6)26(22)25)28(8,11-3)12-4/h15-18H,9-14H2,1-8H3. The number of hydrogen-bond acceptors (Lipinski definition) is 0. The van der Waals surface area contributed by atoms with E-state index in [9.17, 15) is 0 Å². The minimum atomic E-state index is 0.295. The van der Waals surface area contributed by atoms with E-state index >= 15 is 0 Å². The lowest BCUT2D eigenvalue weighted by Crippen LogP contribution is -2.22. The second-order valence-corrected chi connectivity index (χ2v) is 9.69. The molecule has 2 aromatic rings. The average Bonchev–Trinajstić information content (AvgIpc) is 2.71. The highest BCUT2D eigenvalue weighted by molar-refractivity contribution is 5.79. The Balaban J connectivity index is 2.17. The fraction of sp³-hybridized carbons (Fsp3) is 0.571. The molecule has 0 atom stereocenters. The lowest BCUT2D eigenvalue weighted by atomic mass is 9.71. The Kier molecular flexibility index (Phi) is 5.81. The second-order valence-electron chi connectivity index (χ2n) is 9.69. The Labute approximate surface area is 173 Å². The van der Waals surface area contributed by atoms with Crippen LogP contribution in [0.4, 0.5) is 0 Å². The molecule has 0 heteroatoms. The maximum absolute atomic E-state index is 2.54. The van der Waals surface area contributed by atoms with E-state index in [0.29, 0.717) is 10.8 Å². The van der Waals surface area contributed by atoms with Crippen molar-refractivity contribution in [3.8, 4) is 11.1 Å². The quantitative estimate of drug-likeness (QED) is 0.476. The summed E-state index contributed by atoms with van der Waals surface area (Å²) >= 11 is 0. The van der Waals surface area contributed by atoms with Gasteiger partial charge in [-0.1, -0.05) is 65.8 Å². The highest BCUT2D eigenvalue weighted by atomic mass is 14.3.